The standard InChI is InChI=1S/C12H17NO3/c1-9(10-3-6-16-7-10)13-5-4-12(2,8-13)11(14)15/h3,6-7,9H,4-5,8H2,1-2H3,(H,14,15). The van der Waals surface area contributed by atoms with Gasteiger partial charge in [-0.1, -0.05) is 0 Å². The molecule has 0 saturated carbocycles. The lowest BCUT2D eigenvalue weighted by Crippen LogP contribution is -2.32. The fourth-order valence-electron chi connectivity index (χ4n) is 2.23. The number of hydrogen-bond acceptors (Lipinski definition) is 3. The lowest BCUT2D eigenvalue weighted by atomic mass is 9.90. The topological polar surface area (TPSA) is 53.7 Å². The van der Waals surface area contributed by atoms with E-state index in [9.17, 15) is 4.79 Å². The lowest BCUT2D eigenvalue weighted by molar-refractivity contribution is -0.147. The van der Waals surface area contributed by atoms with Crippen molar-refractivity contribution in [2.45, 2.75) is 26.3 Å². The molecule has 4 heteroatoms. The van der Waals surface area contributed by atoms with Crippen LogP contribution in [-0.2, 0) is 4.79 Å². The Bertz CT molecular complexity index is 374. The fourth-order valence-corrected chi connectivity index (χ4v) is 2.23. The zero-order chi connectivity index (χ0) is 11.8. The van der Waals surface area contributed by atoms with E-state index in [1.54, 1.807) is 12.5 Å². The van der Waals surface area contributed by atoms with Gasteiger partial charge >= 0.3 is 5.97 Å². The number of carboxylic acid groups (broad SMARTS) is 1. The zero-order valence-electron chi connectivity index (χ0n) is 9.64. The number of hydrogen-bond donors (Lipinski definition) is 1. The Labute approximate surface area is 94.9 Å². The van der Waals surface area contributed by atoms with Gasteiger partial charge in [0.2, 0.25) is 0 Å². The predicted molar refractivity (Wildman–Crippen MR) is 59.1 cm³/mol. The molecule has 0 radical (unpaired) electrons. The van der Waals surface area contributed by atoms with E-state index in [0.717, 1.165) is 12.1 Å². The average Bonchev–Trinajstić information content (AvgIpc) is 2.85. The van der Waals surface area contributed by atoms with Gasteiger partial charge in [-0.2, -0.15) is 0 Å². The molecular weight excluding hydrogens is 206 g/mol. The van der Waals surface area contributed by atoms with Crippen LogP contribution in [0.4, 0.5) is 0 Å². The first-order chi connectivity index (χ1) is 7.53. The predicted octanol–water partition coefficient (Wildman–Crippen LogP) is 2.14. The van der Waals surface area contributed by atoms with Gasteiger partial charge in [-0.25, -0.2) is 0 Å². The van der Waals surface area contributed by atoms with Gasteiger partial charge in [0.1, 0.15) is 0 Å². The van der Waals surface area contributed by atoms with E-state index in [2.05, 4.69) is 11.8 Å². The molecule has 0 aliphatic carbocycles. The summed E-state index contributed by atoms with van der Waals surface area (Å²) in [6.45, 7) is 5.33. The Kier molecular flexibility index (Phi) is 2.76. The van der Waals surface area contributed by atoms with Crippen LogP contribution in [0.25, 0.3) is 0 Å². The molecule has 2 rings (SSSR count). The summed E-state index contributed by atoms with van der Waals surface area (Å²) in [4.78, 5) is 13.3. The summed E-state index contributed by atoms with van der Waals surface area (Å²) in [6.07, 6.45) is 4.09. The van der Waals surface area contributed by atoms with Crippen molar-refractivity contribution in [1.29, 1.82) is 0 Å². The second-order valence-electron chi connectivity index (χ2n) is 4.82. The third-order valence-electron chi connectivity index (χ3n) is 3.59. The van der Waals surface area contributed by atoms with Gasteiger partial charge in [-0.15, -0.1) is 0 Å². The van der Waals surface area contributed by atoms with Gasteiger partial charge in [0, 0.05) is 18.2 Å². The number of rotatable bonds is 3. The van der Waals surface area contributed by atoms with Crippen molar-refractivity contribution in [2.75, 3.05) is 13.1 Å². The molecule has 0 amide bonds. The highest BCUT2D eigenvalue weighted by molar-refractivity contribution is 5.74. The Hall–Kier alpha value is -1.29. The maximum Gasteiger partial charge on any atom is 0.310 e. The average molecular weight is 223 g/mol. The van der Waals surface area contributed by atoms with Crippen molar-refractivity contribution in [3.8, 4) is 0 Å². The maximum atomic E-state index is 11.1. The quantitative estimate of drug-likeness (QED) is 0.853. The summed E-state index contributed by atoms with van der Waals surface area (Å²) in [5.41, 5.74) is 0.507. The molecule has 4 nitrogen and oxygen atoms in total. The molecule has 1 N–H and O–H groups in total. The molecule has 2 heterocycles. The number of nitrogens with zero attached hydrogens (tertiary/aromatic N) is 1. The molecule has 1 aromatic heterocycles. The minimum absolute atomic E-state index is 0.222. The van der Waals surface area contributed by atoms with Crippen LogP contribution in [0.2, 0.25) is 0 Å². The molecule has 0 spiro atoms. The van der Waals surface area contributed by atoms with E-state index in [0.29, 0.717) is 13.0 Å². The summed E-state index contributed by atoms with van der Waals surface area (Å²) < 4.78 is 5.05. The van der Waals surface area contributed by atoms with Crippen LogP contribution in [0.1, 0.15) is 31.9 Å². The van der Waals surface area contributed by atoms with Crippen LogP contribution in [-0.4, -0.2) is 29.1 Å². The minimum Gasteiger partial charge on any atom is -0.481 e. The van der Waals surface area contributed by atoms with Crippen LogP contribution in [0, 0.1) is 5.41 Å². The summed E-state index contributed by atoms with van der Waals surface area (Å²) in [5, 5.41) is 9.16. The first kappa shape index (κ1) is 11.2. The summed E-state index contributed by atoms with van der Waals surface area (Å²) >= 11 is 0. The second-order valence-corrected chi connectivity index (χ2v) is 4.82. The van der Waals surface area contributed by atoms with Crippen molar-refractivity contribution < 1.29 is 14.3 Å². The molecule has 16 heavy (non-hydrogen) atoms. The van der Waals surface area contributed by atoms with Gasteiger partial charge < -0.3 is 9.52 Å². The fraction of sp³-hybridized carbons (Fsp3) is 0.583. The highest BCUT2D eigenvalue weighted by Gasteiger charge is 2.41. The highest BCUT2D eigenvalue weighted by Crippen LogP contribution is 2.35. The molecular formula is C12H17NO3. The molecule has 1 saturated heterocycles. The van der Waals surface area contributed by atoms with Gasteiger partial charge in [-0.05, 0) is 32.9 Å². The highest BCUT2D eigenvalue weighted by atomic mass is 16.4. The number of furan rings is 1. The molecule has 2 atom stereocenters. The minimum atomic E-state index is -0.700. The SMILES string of the molecule is CC(c1ccoc1)N1CCC(C)(C(=O)O)C1. The molecule has 2 unspecified atom stereocenters. The van der Waals surface area contributed by atoms with E-state index in [1.165, 1.54) is 0 Å². The largest absolute Gasteiger partial charge is 0.481 e. The van der Waals surface area contributed by atoms with Gasteiger partial charge in [0.15, 0.2) is 0 Å². The Morgan fingerprint density at radius 2 is 2.44 bits per heavy atom. The number of aliphatic carboxylic acids is 1. The van der Waals surface area contributed by atoms with Crippen molar-refractivity contribution in [1.82, 2.24) is 4.90 Å². The van der Waals surface area contributed by atoms with Crippen molar-refractivity contribution >= 4 is 5.97 Å². The maximum absolute atomic E-state index is 11.1. The van der Waals surface area contributed by atoms with Crippen LogP contribution in [0.5, 0.6) is 0 Å². The van der Waals surface area contributed by atoms with Crippen LogP contribution < -0.4 is 0 Å². The van der Waals surface area contributed by atoms with Gasteiger partial charge in [0.05, 0.1) is 17.9 Å². The molecule has 0 aromatic carbocycles. The molecule has 1 aliphatic rings. The van der Waals surface area contributed by atoms with Crippen molar-refractivity contribution in [2.24, 2.45) is 5.41 Å². The van der Waals surface area contributed by atoms with Crippen LogP contribution in [0.15, 0.2) is 23.0 Å². The molecule has 1 fully saturated rings. The summed E-state index contributed by atoms with van der Waals surface area (Å²) in [6, 6.07) is 2.15. The van der Waals surface area contributed by atoms with Crippen LogP contribution >= 0.6 is 0 Å². The molecule has 1 aromatic rings. The molecule has 0 bridgehead atoms. The van der Waals surface area contributed by atoms with E-state index < -0.39 is 11.4 Å². The van der Waals surface area contributed by atoms with Gasteiger partial charge in [0.25, 0.3) is 0 Å². The number of carboxylic acids is 1. The summed E-state index contributed by atoms with van der Waals surface area (Å²) in [5.74, 6) is -0.700. The third-order valence-corrected chi connectivity index (χ3v) is 3.59. The van der Waals surface area contributed by atoms with E-state index >= 15 is 0 Å². The Morgan fingerprint density at radius 3 is 2.94 bits per heavy atom. The van der Waals surface area contributed by atoms with Crippen LogP contribution in [0.3, 0.4) is 0 Å². The zero-order valence-corrected chi connectivity index (χ0v) is 9.64. The second kappa shape index (κ2) is 3.94. The monoisotopic (exact) mass is 223 g/mol. The third kappa shape index (κ3) is 1.85. The van der Waals surface area contributed by atoms with E-state index in [4.69, 9.17) is 9.52 Å². The van der Waals surface area contributed by atoms with E-state index in [1.807, 2.05) is 13.0 Å². The van der Waals surface area contributed by atoms with Gasteiger partial charge in [-0.3, -0.25) is 9.69 Å². The van der Waals surface area contributed by atoms with Crippen molar-refractivity contribution in [3.63, 3.8) is 0 Å². The number of carbonyl (C=O) groups is 1. The lowest BCUT2D eigenvalue weighted by Gasteiger charge is -2.25. The Morgan fingerprint density at radius 1 is 1.69 bits per heavy atom. The van der Waals surface area contributed by atoms with E-state index in [-0.39, 0.29) is 6.04 Å². The smallest absolute Gasteiger partial charge is 0.310 e. The molecule has 88 valence electrons. The summed E-state index contributed by atoms with van der Waals surface area (Å²) in [7, 11) is 0. The number of likely N-dealkylation sites (tertiary alicyclic amines) is 1. The van der Waals surface area contributed by atoms with Crippen molar-refractivity contribution in [3.05, 3.63) is 24.2 Å². The first-order valence-corrected chi connectivity index (χ1v) is 5.52. The molecule has 1 aliphatic heterocycles. The first-order valence-electron chi connectivity index (χ1n) is 5.52. The Balaban J connectivity index is 2.07. The normalized spacial score (nSPS) is 28.1.